The number of nitro groups is 1. The molecule has 0 atom stereocenters. The van der Waals surface area contributed by atoms with E-state index in [0.717, 1.165) is 42.5 Å². The molecule has 4 aromatic rings. The van der Waals surface area contributed by atoms with Crippen LogP contribution >= 0.6 is 0 Å². The van der Waals surface area contributed by atoms with Crippen molar-refractivity contribution in [1.82, 2.24) is 0 Å². The lowest BCUT2D eigenvalue weighted by atomic mass is 10.1. The highest BCUT2D eigenvalue weighted by molar-refractivity contribution is 5.94. The van der Waals surface area contributed by atoms with Gasteiger partial charge in [0.05, 0.1) is 15.9 Å². The van der Waals surface area contributed by atoms with Crippen LogP contribution in [-0.4, -0.2) is 10.9 Å². The number of hydrogen-bond donors (Lipinski definition) is 0. The minimum atomic E-state index is -5.14. The number of alkyl halides is 3. The molecule has 0 spiro atoms. The second-order valence-electron chi connectivity index (χ2n) is 7.40. The molecule has 0 radical (unpaired) electrons. The highest BCUT2D eigenvalue weighted by atomic mass is 19.4. The first-order valence-electron chi connectivity index (χ1n) is 10.0. The summed E-state index contributed by atoms with van der Waals surface area (Å²) in [5.41, 5.74) is -2.15. The van der Waals surface area contributed by atoms with Crippen LogP contribution in [0.15, 0.2) is 69.9 Å². The SMILES string of the molecule is Cc1c(C(=O)Oc2ccc3c(=O)c(Oc4ccc(F)cc4)c(C(F)(F)F)oc3c2)cccc1[N+](=O)[O-]. The number of fused-ring (bicyclic) bond motifs is 1. The Morgan fingerprint density at radius 2 is 1.69 bits per heavy atom. The lowest BCUT2D eigenvalue weighted by Gasteiger charge is -2.13. The molecule has 0 fully saturated rings. The number of halogens is 4. The largest absolute Gasteiger partial charge is 0.453 e. The Balaban J connectivity index is 1.74. The third-order valence-electron chi connectivity index (χ3n) is 5.05. The normalized spacial score (nSPS) is 11.4. The standard InChI is InChI=1S/C24H13F4NO7/c1-12-16(3-2-4-18(12)29(32)33)23(31)35-15-9-10-17-19(11-15)36-22(24(26,27)28)21(20(17)30)34-14-7-5-13(25)6-8-14/h2-11H,1H3. The second kappa shape index (κ2) is 9.13. The van der Waals surface area contributed by atoms with Crippen LogP contribution in [-0.2, 0) is 6.18 Å². The zero-order valence-electron chi connectivity index (χ0n) is 18.1. The number of carbonyl (C=O) groups is 1. The van der Waals surface area contributed by atoms with E-state index in [2.05, 4.69) is 0 Å². The van der Waals surface area contributed by atoms with Gasteiger partial charge in [0.2, 0.25) is 11.2 Å². The summed E-state index contributed by atoms with van der Waals surface area (Å²) >= 11 is 0. The highest BCUT2D eigenvalue weighted by Crippen LogP contribution is 2.38. The molecule has 12 heteroatoms. The van der Waals surface area contributed by atoms with Gasteiger partial charge in [-0.1, -0.05) is 6.07 Å². The van der Waals surface area contributed by atoms with Gasteiger partial charge in [0.25, 0.3) is 11.4 Å². The first kappa shape index (κ1) is 24.4. The van der Waals surface area contributed by atoms with E-state index >= 15 is 0 Å². The predicted octanol–water partition coefficient (Wildman–Crippen LogP) is 6.18. The van der Waals surface area contributed by atoms with E-state index in [-0.39, 0.29) is 33.7 Å². The Morgan fingerprint density at radius 3 is 2.33 bits per heavy atom. The van der Waals surface area contributed by atoms with Crippen LogP contribution < -0.4 is 14.9 Å². The molecule has 184 valence electrons. The van der Waals surface area contributed by atoms with Gasteiger partial charge in [-0.3, -0.25) is 14.9 Å². The van der Waals surface area contributed by atoms with E-state index in [0.29, 0.717) is 0 Å². The lowest BCUT2D eigenvalue weighted by Crippen LogP contribution is -2.16. The van der Waals surface area contributed by atoms with E-state index in [1.54, 1.807) is 0 Å². The molecule has 3 aromatic carbocycles. The van der Waals surface area contributed by atoms with Crippen molar-refractivity contribution in [3.8, 4) is 17.2 Å². The highest BCUT2D eigenvalue weighted by Gasteiger charge is 2.40. The van der Waals surface area contributed by atoms with Gasteiger partial charge in [-0.2, -0.15) is 13.2 Å². The second-order valence-corrected chi connectivity index (χ2v) is 7.40. The third-order valence-corrected chi connectivity index (χ3v) is 5.05. The molecule has 36 heavy (non-hydrogen) atoms. The number of esters is 1. The summed E-state index contributed by atoms with van der Waals surface area (Å²) in [6.07, 6.45) is -5.14. The predicted molar refractivity (Wildman–Crippen MR) is 117 cm³/mol. The maximum Gasteiger partial charge on any atom is 0.453 e. The van der Waals surface area contributed by atoms with E-state index in [1.165, 1.54) is 25.1 Å². The Bertz CT molecular complexity index is 1560. The van der Waals surface area contributed by atoms with E-state index in [4.69, 9.17) is 13.9 Å². The first-order chi connectivity index (χ1) is 17.0. The summed E-state index contributed by atoms with van der Waals surface area (Å²) in [6, 6.07) is 10.8. The molecule has 0 aliphatic carbocycles. The van der Waals surface area contributed by atoms with Gasteiger partial charge in [-0.05, 0) is 49.4 Å². The fraction of sp³-hybridized carbons (Fsp3) is 0.0833. The van der Waals surface area contributed by atoms with Gasteiger partial charge in [-0.25, -0.2) is 9.18 Å². The van der Waals surface area contributed by atoms with Crippen molar-refractivity contribution in [2.75, 3.05) is 0 Å². The van der Waals surface area contributed by atoms with Gasteiger partial charge in [-0.15, -0.1) is 0 Å². The van der Waals surface area contributed by atoms with Crippen molar-refractivity contribution in [2.45, 2.75) is 13.1 Å². The number of nitrogens with zero attached hydrogens (tertiary/aromatic N) is 1. The fourth-order valence-corrected chi connectivity index (χ4v) is 3.32. The van der Waals surface area contributed by atoms with Crippen LogP contribution in [0.2, 0.25) is 0 Å². The first-order valence-corrected chi connectivity index (χ1v) is 10.0. The van der Waals surface area contributed by atoms with Gasteiger partial charge in [0.1, 0.15) is 22.9 Å². The van der Waals surface area contributed by atoms with Crippen molar-refractivity contribution in [3.05, 3.63) is 104 Å². The van der Waals surface area contributed by atoms with E-state index in [9.17, 15) is 37.3 Å². The van der Waals surface area contributed by atoms with Crippen LogP contribution in [0.4, 0.5) is 23.2 Å². The molecule has 0 N–H and O–H groups in total. The molecule has 8 nitrogen and oxygen atoms in total. The van der Waals surface area contributed by atoms with Crippen molar-refractivity contribution in [3.63, 3.8) is 0 Å². The molecule has 0 aliphatic heterocycles. The zero-order chi connectivity index (χ0) is 26.2. The Labute approximate surface area is 198 Å². The van der Waals surface area contributed by atoms with Crippen LogP contribution in [0.3, 0.4) is 0 Å². The van der Waals surface area contributed by atoms with Crippen molar-refractivity contribution < 1.29 is 41.2 Å². The average molecular weight is 503 g/mol. The van der Waals surface area contributed by atoms with Gasteiger partial charge >= 0.3 is 12.1 Å². The average Bonchev–Trinajstić information content (AvgIpc) is 2.81. The molecule has 1 heterocycles. The molecule has 0 unspecified atom stereocenters. The van der Waals surface area contributed by atoms with Gasteiger partial charge in [0.15, 0.2) is 0 Å². The summed E-state index contributed by atoms with van der Waals surface area (Å²) in [6.45, 7) is 1.34. The molecule has 0 amide bonds. The van der Waals surface area contributed by atoms with Crippen molar-refractivity contribution in [2.24, 2.45) is 0 Å². The molecule has 0 saturated carbocycles. The fourth-order valence-electron chi connectivity index (χ4n) is 3.32. The topological polar surface area (TPSA) is 109 Å². The third kappa shape index (κ3) is 4.73. The summed E-state index contributed by atoms with van der Waals surface area (Å²) in [4.78, 5) is 35.8. The van der Waals surface area contributed by atoms with Crippen molar-refractivity contribution >= 4 is 22.6 Å². The summed E-state index contributed by atoms with van der Waals surface area (Å²) < 4.78 is 69.4. The molecule has 4 rings (SSSR count). The number of ether oxygens (including phenoxy) is 2. The Hall–Kier alpha value is -4.74. The molecule has 0 bridgehead atoms. The minimum Gasteiger partial charge on any atom is -0.449 e. The molecule has 0 aliphatic rings. The maximum atomic E-state index is 13.7. The van der Waals surface area contributed by atoms with Gasteiger partial charge in [0, 0.05) is 17.7 Å². The van der Waals surface area contributed by atoms with Crippen LogP contribution in [0.1, 0.15) is 21.7 Å². The van der Waals surface area contributed by atoms with Gasteiger partial charge < -0.3 is 13.9 Å². The summed E-state index contributed by atoms with van der Waals surface area (Å²) in [5.74, 6) is -5.08. The van der Waals surface area contributed by atoms with Crippen LogP contribution in [0.5, 0.6) is 17.2 Å². The van der Waals surface area contributed by atoms with E-state index < -0.39 is 45.4 Å². The summed E-state index contributed by atoms with van der Waals surface area (Å²) in [7, 11) is 0. The number of hydrogen-bond acceptors (Lipinski definition) is 7. The number of carbonyl (C=O) groups excluding carboxylic acids is 1. The molecule has 1 aromatic heterocycles. The zero-order valence-corrected chi connectivity index (χ0v) is 18.1. The lowest BCUT2D eigenvalue weighted by molar-refractivity contribution is -0.385. The van der Waals surface area contributed by atoms with Crippen LogP contribution in [0.25, 0.3) is 11.0 Å². The molecule has 0 saturated heterocycles. The Morgan fingerprint density at radius 1 is 1.03 bits per heavy atom. The minimum absolute atomic E-state index is 0.0294. The van der Waals surface area contributed by atoms with E-state index in [1.807, 2.05) is 0 Å². The monoisotopic (exact) mass is 503 g/mol. The number of rotatable bonds is 5. The quantitative estimate of drug-likeness (QED) is 0.105. The van der Waals surface area contributed by atoms with Crippen molar-refractivity contribution in [1.29, 1.82) is 0 Å². The summed E-state index contributed by atoms with van der Waals surface area (Å²) in [5, 5.41) is 10.8. The van der Waals surface area contributed by atoms with Crippen LogP contribution in [0, 0.1) is 22.9 Å². The molecular weight excluding hydrogens is 490 g/mol. The maximum absolute atomic E-state index is 13.7. The number of benzene rings is 3. The molecular formula is C24H13F4NO7. The number of nitro benzene ring substituents is 1. The smallest absolute Gasteiger partial charge is 0.449 e. The Kier molecular flexibility index (Phi) is 6.19.